The normalized spacial score (nSPS) is 10.7. The third kappa shape index (κ3) is 2.33. The molecule has 0 bridgehead atoms. The van der Waals surface area contributed by atoms with E-state index in [2.05, 4.69) is 10.1 Å². The van der Waals surface area contributed by atoms with E-state index in [0.29, 0.717) is 0 Å². The van der Waals surface area contributed by atoms with Gasteiger partial charge in [0.25, 0.3) is 0 Å². The monoisotopic (exact) mass is 285 g/mol. The molecule has 2 aromatic heterocycles. The Morgan fingerprint density at radius 2 is 2.00 bits per heavy atom. The Morgan fingerprint density at radius 1 is 1.25 bits per heavy atom. The highest BCUT2D eigenvalue weighted by Gasteiger charge is 2.09. The minimum Gasteiger partial charge on any atom is -0.478 e. The molecule has 0 saturated carbocycles. The standard InChI is InChI=1S/C14H11N3O2S/c1-17-7-11(6-15-17)13-16-12(8-20-13)9-2-4-10(5-3-9)14(18)19/h2-8H,1H3,(H,18,19). The van der Waals surface area contributed by atoms with Crippen molar-refractivity contribution in [1.29, 1.82) is 0 Å². The molecule has 1 N–H and O–H groups in total. The smallest absolute Gasteiger partial charge is 0.335 e. The lowest BCUT2D eigenvalue weighted by Gasteiger charge is -1.97. The van der Waals surface area contributed by atoms with E-state index < -0.39 is 5.97 Å². The van der Waals surface area contributed by atoms with Crippen LogP contribution in [0.3, 0.4) is 0 Å². The Kier molecular flexibility index (Phi) is 3.08. The Balaban J connectivity index is 1.91. The van der Waals surface area contributed by atoms with Crippen LogP contribution in [-0.2, 0) is 7.05 Å². The Bertz CT molecular complexity index is 759. The van der Waals surface area contributed by atoms with E-state index in [4.69, 9.17) is 5.11 Å². The van der Waals surface area contributed by atoms with Gasteiger partial charge in [0.2, 0.25) is 0 Å². The largest absolute Gasteiger partial charge is 0.478 e. The number of aromatic nitrogens is 3. The van der Waals surface area contributed by atoms with Gasteiger partial charge in [0.15, 0.2) is 0 Å². The van der Waals surface area contributed by atoms with Crippen molar-refractivity contribution in [3.8, 4) is 21.8 Å². The number of carboxylic acid groups (broad SMARTS) is 1. The number of hydrogen-bond donors (Lipinski definition) is 1. The van der Waals surface area contributed by atoms with Crippen molar-refractivity contribution in [2.75, 3.05) is 0 Å². The van der Waals surface area contributed by atoms with Crippen molar-refractivity contribution in [3.63, 3.8) is 0 Å². The maximum atomic E-state index is 10.8. The molecule has 0 saturated heterocycles. The van der Waals surface area contributed by atoms with Crippen molar-refractivity contribution in [2.24, 2.45) is 7.05 Å². The first-order valence-electron chi connectivity index (χ1n) is 5.92. The first-order chi connectivity index (χ1) is 9.63. The predicted octanol–water partition coefficient (Wildman–Crippen LogP) is 2.91. The van der Waals surface area contributed by atoms with Crippen LogP contribution in [0.4, 0.5) is 0 Å². The molecule has 0 fully saturated rings. The average Bonchev–Trinajstić information content (AvgIpc) is 3.07. The molecular weight excluding hydrogens is 274 g/mol. The third-order valence-corrected chi connectivity index (χ3v) is 3.77. The third-order valence-electron chi connectivity index (χ3n) is 2.88. The predicted molar refractivity (Wildman–Crippen MR) is 76.7 cm³/mol. The van der Waals surface area contributed by atoms with E-state index in [1.807, 2.05) is 18.6 Å². The quantitative estimate of drug-likeness (QED) is 0.803. The van der Waals surface area contributed by atoms with Crippen LogP contribution >= 0.6 is 11.3 Å². The molecule has 5 nitrogen and oxygen atoms in total. The molecule has 0 aliphatic heterocycles. The van der Waals surface area contributed by atoms with Gasteiger partial charge < -0.3 is 5.11 Å². The fourth-order valence-electron chi connectivity index (χ4n) is 1.85. The van der Waals surface area contributed by atoms with Gasteiger partial charge in [-0.3, -0.25) is 4.68 Å². The number of aryl methyl sites for hydroxylation is 1. The Hall–Kier alpha value is -2.47. The van der Waals surface area contributed by atoms with Gasteiger partial charge in [0.05, 0.1) is 17.5 Å². The van der Waals surface area contributed by atoms with Crippen LogP contribution < -0.4 is 0 Å². The van der Waals surface area contributed by atoms with Crippen LogP contribution in [0.5, 0.6) is 0 Å². The summed E-state index contributed by atoms with van der Waals surface area (Å²) in [5, 5.41) is 15.9. The van der Waals surface area contributed by atoms with Crippen molar-refractivity contribution >= 4 is 17.3 Å². The van der Waals surface area contributed by atoms with Gasteiger partial charge in [0.1, 0.15) is 5.01 Å². The van der Waals surface area contributed by atoms with E-state index in [1.165, 1.54) is 0 Å². The number of nitrogens with zero attached hydrogens (tertiary/aromatic N) is 3. The molecule has 20 heavy (non-hydrogen) atoms. The lowest BCUT2D eigenvalue weighted by molar-refractivity contribution is 0.0697. The summed E-state index contributed by atoms with van der Waals surface area (Å²) in [4.78, 5) is 15.4. The molecule has 0 unspecified atom stereocenters. The minimum atomic E-state index is -0.925. The molecule has 0 spiro atoms. The Labute approximate surface area is 119 Å². The van der Waals surface area contributed by atoms with E-state index in [-0.39, 0.29) is 5.56 Å². The van der Waals surface area contributed by atoms with E-state index in [0.717, 1.165) is 21.8 Å². The zero-order valence-electron chi connectivity index (χ0n) is 10.6. The molecule has 0 radical (unpaired) electrons. The molecule has 3 aromatic rings. The van der Waals surface area contributed by atoms with Gasteiger partial charge in [-0.1, -0.05) is 12.1 Å². The SMILES string of the molecule is Cn1cc(-c2nc(-c3ccc(C(=O)O)cc3)cs2)cn1. The van der Waals surface area contributed by atoms with Crippen LogP contribution in [0.15, 0.2) is 42.0 Å². The second kappa shape index (κ2) is 4.90. The number of hydrogen-bond acceptors (Lipinski definition) is 4. The van der Waals surface area contributed by atoms with Gasteiger partial charge in [-0.15, -0.1) is 11.3 Å². The molecule has 1 aromatic carbocycles. The number of thiazole rings is 1. The van der Waals surface area contributed by atoms with Crippen LogP contribution in [-0.4, -0.2) is 25.8 Å². The van der Waals surface area contributed by atoms with Crippen LogP contribution in [0.1, 0.15) is 10.4 Å². The summed E-state index contributed by atoms with van der Waals surface area (Å²) in [5.74, 6) is -0.925. The van der Waals surface area contributed by atoms with Crippen molar-refractivity contribution < 1.29 is 9.90 Å². The Morgan fingerprint density at radius 3 is 2.60 bits per heavy atom. The highest BCUT2D eigenvalue weighted by molar-refractivity contribution is 7.13. The molecule has 100 valence electrons. The lowest BCUT2D eigenvalue weighted by Crippen LogP contribution is -1.94. The summed E-state index contributed by atoms with van der Waals surface area (Å²) in [6.45, 7) is 0. The van der Waals surface area contributed by atoms with Crippen LogP contribution in [0.2, 0.25) is 0 Å². The molecule has 0 atom stereocenters. The minimum absolute atomic E-state index is 0.275. The molecular formula is C14H11N3O2S. The second-order valence-electron chi connectivity index (χ2n) is 4.32. The molecule has 0 amide bonds. The fraction of sp³-hybridized carbons (Fsp3) is 0.0714. The first-order valence-corrected chi connectivity index (χ1v) is 6.80. The number of aromatic carboxylic acids is 1. The van der Waals surface area contributed by atoms with Crippen molar-refractivity contribution in [3.05, 3.63) is 47.6 Å². The molecule has 0 aliphatic carbocycles. The molecule has 3 rings (SSSR count). The van der Waals surface area contributed by atoms with Gasteiger partial charge in [-0.25, -0.2) is 9.78 Å². The van der Waals surface area contributed by atoms with Crippen LogP contribution in [0, 0.1) is 0 Å². The maximum absolute atomic E-state index is 10.8. The summed E-state index contributed by atoms with van der Waals surface area (Å²) in [7, 11) is 1.86. The molecule has 0 aliphatic rings. The van der Waals surface area contributed by atoms with Gasteiger partial charge in [-0.05, 0) is 12.1 Å². The van der Waals surface area contributed by atoms with Gasteiger partial charge in [-0.2, -0.15) is 5.10 Å². The summed E-state index contributed by atoms with van der Waals surface area (Å²) < 4.78 is 1.73. The van der Waals surface area contributed by atoms with Crippen LogP contribution in [0.25, 0.3) is 21.8 Å². The number of rotatable bonds is 3. The van der Waals surface area contributed by atoms with E-state index >= 15 is 0 Å². The zero-order valence-corrected chi connectivity index (χ0v) is 11.5. The molecule has 2 heterocycles. The van der Waals surface area contributed by atoms with Crippen molar-refractivity contribution in [2.45, 2.75) is 0 Å². The maximum Gasteiger partial charge on any atom is 0.335 e. The summed E-state index contributed by atoms with van der Waals surface area (Å²) in [5.41, 5.74) is 2.99. The average molecular weight is 285 g/mol. The van der Waals surface area contributed by atoms with Gasteiger partial charge >= 0.3 is 5.97 Å². The topological polar surface area (TPSA) is 68.0 Å². The van der Waals surface area contributed by atoms with E-state index in [1.54, 1.807) is 46.5 Å². The highest BCUT2D eigenvalue weighted by atomic mass is 32.1. The number of carbonyl (C=O) groups is 1. The summed E-state index contributed by atoms with van der Waals surface area (Å²) >= 11 is 1.54. The van der Waals surface area contributed by atoms with Gasteiger partial charge in [0, 0.05) is 29.8 Å². The number of carboxylic acids is 1. The first kappa shape index (κ1) is 12.6. The highest BCUT2D eigenvalue weighted by Crippen LogP contribution is 2.28. The second-order valence-corrected chi connectivity index (χ2v) is 5.18. The van der Waals surface area contributed by atoms with E-state index in [9.17, 15) is 4.79 Å². The summed E-state index contributed by atoms with van der Waals surface area (Å²) in [6, 6.07) is 6.71. The summed E-state index contributed by atoms with van der Waals surface area (Å²) in [6.07, 6.45) is 3.69. The van der Waals surface area contributed by atoms with Crippen molar-refractivity contribution in [1.82, 2.24) is 14.8 Å². The lowest BCUT2D eigenvalue weighted by atomic mass is 10.1. The molecule has 6 heteroatoms. The fourth-order valence-corrected chi connectivity index (χ4v) is 2.66. The zero-order chi connectivity index (χ0) is 14.1. The number of benzene rings is 1.